The smallest absolute Gasteiger partial charge is 0.355 e. The molecule has 2 aromatic rings. The number of aryl methyl sites for hydroxylation is 1. The van der Waals surface area contributed by atoms with Crippen LogP contribution >= 0.6 is 0 Å². The van der Waals surface area contributed by atoms with E-state index in [1.54, 1.807) is 36.9 Å². The molecule has 0 bridgehead atoms. The molecule has 0 fully saturated rings. The van der Waals surface area contributed by atoms with E-state index in [0.29, 0.717) is 12.2 Å². The number of nitrogens with one attached hydrogen (secondary N) is 1. The minimum atomic E-state index is -0.833. The van der Waals surface area contributed by atoms with Crippen molar-refractivity contribution < 1.29 is 14.3 Å². The van der Waals surface area contributed by atoms with E-state index in [0.717, 1.165) is 6.42 Å². The van der Waals surface area contributed by atoms with Crippen LogP contribution in [-0.4, -0.2) is 29.1 Å². The van der Waals surface area contributed by atoms with Crippen molar-refractivity contribution in [1.82, 2.24) is 9.88 Å². The highest BCUT2D eigenvalue weighted by molar-refractivity contribution is 5.91. The van der Waals surface area contributed by atoms with Gasteiger partial charge in [-0.3, -0.25) is 4.79 Å². The summed E-state index contributed by atoms with van der Waals surface area (Å²) in [5.74, 6) is -0.543. The van der Waals surface area contributed by atoms with Gasteiger partial charge in [0.25, 0.3) is 5.91 Å². The third kappa shape index (κ3) is 4.47. The number of hydrogen-bond acceptors (Lipinski definition) is 3. The average molecular weight is 328 g/mol. The molecule has 0 saturated carbocycles. The third-order valence-corrected chi connectivity index (χ3v) is 4.09. The maximum Gasteiger partial charge on any atom is 0.355 e. The van der Waals surface area contributed by atoms with Crippen molar-refractivity contribution in [3.05, 3.63) is 59.9 Å². The zero-order chi connectivity index (χ0) is 17.5. The molecular formula is C19H24N2O3. The number of carbonyl (C=O) groups is 2. The van der Waals surface area contributed by atoms with E-state index in [1.165, 1.54) is 5.56 Å². The van der Waals surface area contributed by atoms with Crippen molar-refractivity contribution in [3.63, 3.8) is 0 Å². The van der Waals surface area contributed by atoms with Crippen molar-refractivity contribution in [2.45, 2.75) is 32.3 Å². The first-order valence-electron chi connectivity index (χ1n) is 8.17. The van der Waals surface area contributed by atoms with E-state index < -0.39 is 12.1 Å². The van der Waals surface area contributed by atoms with Gasteiger partial charge in [0.2, 0.25) is 0 Å². The highest BCUT2D eigenvalue weighted by atomic mass is 16.5. The molecule has 24 heavy (non-hydrogen) atoms. The van der Waals surface area contributed by atoms with Crippen molar-refractivity contribution in [3.8, 4) is 0 Å². The first kappa shape index (κ1) is 17.8. The van der Waals surface area contributed by atoms with Gasteiger partial charge in [0, 0.05) is 25.7 Å². The maximum absolute atomic E-state index is 12.2. The van der Waals surface area contributed by atoms with Crippen LogP contribution in [0.25, 0.3) is 0 Å². The summed E-state index contributed by atoms with van der Waals surface area (Å²) in [6, 6.07) is 13.5. The predicted molar refractivity (Wildman–Crippen MR) is 92.8 cm³/mol. The zero-order valence-corrected chi connectivity index (χ0v) is 14.4. The number of amides is 1. The molecule has 1 N–H and O–H groups in total. The van der Waals surface area contributed by atoms with Gasteiger partial charge < -0.3 is 14.6 Å². The summed E-state index contributed by atoms with van der Waals surface area (Å²) in [4.78, 5) is 24.2. The molecular weight excluding hydrogens is 304 g/mol. The van der Waals surface area contributed by atoms with Crippen LogP contribution in [0.4, 0.5) is 0 Å². The monoisotopic (exact) mass is 328 g/mol. The van der Waals surface area contributed by atoms with Crippen LogP contribution in [0.3, 0.4) is 0 Å². The second kappa shape index (κ2) is 8.34. The van der Waals surface area contributed by atoms with Crippen molar-refractivity contribution in [2.75, 3.05) is 6.54 Å². The average Bonchev–Trinajstić information content (AvgIpc) is 3.02. The lowest BCUT2D eigenvalue weighted by molar-refractivity contribution is -0.129. The van der Waals surface area contributed by atoms with E-state index in [2.05, 4.69) is 24.4 Å². The molecule has 2 rings (SSSR count). The summed E-state index contributed by atoms with van der Waals surface area (Å²) in [7, 11) is 1.76. The number of benzene rings is 1. The molecule has 1 aromatic carbocycles. The van der Waals surface area contributed by atoms with Gasteiger partial charge in [0.1, 0.15) is 5.69 Å². The Balaban J connectivity index is 1.87. The SMILES string of the molecule is CC[C@H](CNC(=O)[C@H](C)OC(=O)c1cccn1C)c1ccccc1. The lowest BCUT2D eigenvalue weighted by Crippen LogP contribution is -2.38. The van der Waals surface area contributed by atoms with Gasteiger partial charge in [0.05, 0.1) is 0 Å². The summed E-state index contributed by atoms with van der Waals surface area (Å²) < 4.78 is 6.90. The van der Waals surface area contributed by atoms with E-state index in [9.17, 15) is 9.59 Å². The fourth-order valence-corrected chi connectivity index (χ4v) is 2.54. The van der Waals surface area contributed by atoms with Gasteiger partial charge >= 0.3 is 5.97 Å². The number of ether oxygens (including phenoxy) is 1. The normalized spacial score (nSPS) is 13.1. The predicted octanol–water partition coefficient (Wildman–Crippen LogP) is 2.88. The van der Waals surface area contributed by atoms with Gasteiger partial charge in [-0.15, -0.1) is 0 Å². The Kier molecular flexibility index (Phi) is 6.18. The van der Waals surface area contributed by atoms with Crippen molar-refractivity contribution in [1.29, 1.82) is 0 Å². The Bertz CT molecular complexity index is 679. The Labute approximate surface area is 142 Å². The fourth-order valence-electron chi connectivity index (χ4n) is 2.54. The fraction of sp³-hybridized carbons (Fsp3) is 0.368. The van der Waals surface area contributed by atoms with Crippen LogP contribution in [0.2, 0.25) is 0 Å². The summed E-state index contributed by atoms with van der Waals surface area (Å²) in [5.41, 5.74) is 1.61. The molecule has 0 radical (unpaired) electrons. The standard InChI is InChI=1S/C19H24N2O3/c1-4-15(16-9-6-5-7-10-16)13-20-18(22)14(2)24-19(23)17-11-8-12-21(17)3/h5-12,14-15H,4,13H2,1-3H3,(H,20,22)/t14-,15+/m0/s1. The van der Waals surface area contributed by atoms with Gasteiger partial charge in [-0.2, -0.15) is 0 Å². The minimum absolute atomic E-state index is 0.242. The van der Waals surface area contributed by atoms with Gasteiger partial charge in [-0.1, -0.05) is 37.3 Å². The molecule has 1 aromatic heterocycles. The number of nitrogens with zero attached hydrogens (tertiary/aromatic N) is 1. The van der Waals surface area contributed by atoms with Crippen LogP contribution in [0.15, 0.2) is 48.7 Å². The molecule has 0 aliphatic heterocycles. The number of rotatable bonds is 7. The van der Waals surface area contributed by atoms with Crippen LogP contribution < -0.4 is 5.32 Å². The van der Waals surface area contributed by atoms with Gasteiger partial charge in [0.15, 0.2) is 6.10 Å². The van der Waals surface area contributed by atoms with Crippen LogP contribution in [0, 0.1) is 0 Å². The second-order valence-electron chi connectivity index (χ2n) is 5.81. The topological polar surface area (TPSA) is 60.3 Å². The number of carbonyl (C=O) groups excluding carboxylic acids is 2. The molecule has 128 valence electrons. The molecule has 0 spiro atoms. The molecule has 2 atom stereocenters. The maximum atomic E-state index is 12.2. The minimum Gasteiger partial charge on any atom is -0.448 e. The molecule has 5 heteroatoms. The largest absolute Gasteiger partial charge is 0.448 e. The van der Waals surface area contributed by atoms with Crippen LogP contribution in [0.5, 0.6) is 0 Å². The summed E-state index contributed by atoms with van der Waals surface area (Å²) in [6.07, 6.45) is 1.84. The summed E-state index contributed by atoms with van der Waals surface area (Å²) in [6.45, 7) is 4.19. The number of hydrogen-bond donors (Lipinski definition) is 1. The van der Waals surface area contributed by atoms with Crippen LogP contribution in [-0.2, 0) is 16.6 Å². The molecule has 0 aliphatic carbocycles. The van der Waals surface area contributed by atoms with Crippen molar-refractivity contribution >= 4 is 11.9 Å². The summed E-state index contributed by atoms with van der Waals surface area (Å²) >= 11 is 0. The Hall–Kier alpha value is -2.56. The molecule has 5 nitrogen and oxygen atoms in total. The highest BCUT2D eigenvalue weighted by Gasteiger charge is 2.21. The quantitative estimate of drug-likeness (QED) is 0.795. The Morgan fingerprint density at radius 2 is 1.88 bits per heavy atom. The van der Waals surface area contributed by atoms with E-state index in [-0.39, 0.29) is 11.8 Å². The van der Waals surface area contributed by atoms with Gasteiger partial charge in [-0.25, -0.2) is 4.79 Å². The third-order valence-electron chi connectivity index (χ3n) is 4.09. The molecule has 0 saturated heterocycles. The molecule has 1 heterocycles. The molecule has 1 amide bonds. The van der Waals surface area contributed by atoms with Crippen LogP contribution in [0.1, 0.15) is 42.2 Å². The summed E-state index contributed by atoms with van der Waals surface area (Å²) in [5, 5.41) is 2.87. The lowest BCUT2D eigenvalue weighted by Gasteiger charge is -2.18. The zero-order valence-electron chi connectivity index (χ0n) is 14.4. The van der Waals surface area contributed by atoms with Crippen molar-refractivity contribution in [2.24, 2.45) is 7.05 Å². The second-order valence-corrected chi connectivity index (χ2v) is 5.81. The van der Waals surface area contributed by atoms with E-state index in [4.69, 9.17) is 4.74 Å². The van der Waals surface area contributed by atoms with E-state index in [1.807, 2.05) is 18.2 Å². The molecule has 0 aliphatic rings. The Morgan fingerprint density at radius 3 is 2.46 bits per heavy atom. The first-order chi connectivity index (χ1) is 11.5. The molecule has 0 unspecified atom stereocenters. The first-order valence-corrected chi connectivity index (χ1v) is 8.17. The number of aromatic nitrogens is 1. The highest BCUT2D eigenvalue weighted by Crippen LogP contribution is 2.18. The van der Waals surface area contributed by atoms with Gasteiger partial charge in [-0.05, 0) is 31.0 Å². The lowest BCUT2D eigenvalue weighted by atomic mass is 9.96. The van der Waals surface area contributed by atoms with E-state index >= 15 is 0 Å². The Morgan fingerprint density at radius 1 is 1.17 bits per heavy atom. The number of esters is 1.